The Morgan fingerprint density at radius 3 is 2.16 bits per heavy atom. The summed E-state index contributed by atoms with van der Waals surface area (Å²) in [6, 6.07) is 19.6. The average Bonchev–Trinajstić information content (AvgIpc) is 3.31. The van der Waals surface area contributed by atoms with Crippen molar-refractivity contribution in [2.24, 2.45) is 5.92 Å². The zero-order valence-corrected chi connectivity index (χ0v) is 16.6. The third-order valence-electron chi connectivity index (χ3n) is 5.72. The van der Waals surface area contributed by atoms with Gasteiger partial charge in [-0.1, -0.05) is 36.4 Å². The van der Waals surface area contributed by atoms with Crippen LogP contribution in [0.3, 0.4) is 0 Å². The molecule has 2 aliphatic heterocycles. The highest BCUT2D eigenvalue weighted by molar-refractivity contribution is 6.24. The molecule has 0 bridgehead atoms. The molecule has 8 heteroatoms. The standard InChI is InChI=1S/C24H17FN2O5/c25-18-9-5-4-8-17(18)20-19-21(32-27(20)16-6-2-1-3-7-16)23(29)26(22(19)28)15-12-10-14(11-13-15)24(30)31/h1-13,19-21H,(H,30,31)/t19-,20-,21+/m1/s1. The molecular formula is C24H17FN2O5. The smallest absolute Gasteiger partial charge is 0.335 e. The van der Waals surface area contributed by atoms with E-state index in [1.165, 1.54) is 35.4 Å². The Morgan fingerprint density at radius 1 is 0.844 bits per heavy atom. The van der Waals surface area contributed by atoms with E-state index in [1.807, 2.05) is 6.07 Å². The van der Waals surface area contributed by atoms with Crippen LogP contribution in [0.2, 0.25) is 0 Å². The third-order valence-corrected chi connectivity index (χ3v) is 5.72. The van der Waals surface area contributed by atoms with Crippen LogP contribution in [0.15, 0.2) is 78.9 Å². The molecule has 2 heterocycles. The number of hydrogen-bond acceptors (Lipinski definition) is 5. The number of fused-ring (bicyclic) bond motifs is 1. The van der Waals surface area contributed by atoms with Gasteiger partial charge in [-0.05, 0) is 42.5 Å². The van der Waals surface area contributed by atoms with Crippen LogP contribution >= 0.6 is 0 Å². The molecule has 2 amide bonds. The van der Waals surface area contributed by atoms with Crippen LogP contribution in [0.25, 0.3) is 0 Å². The van der Waals surface area contributed by atoms with Gasteiger partial charge in [-0.2, -0.15) is 0 Å². The Labute approximate surface area is 182 Å². The van der Waals surface area contributed by atoms with Crippen molar-refractivity contribution in [1.29, 1.82) is 0 Å². The van der Waals surface area contributed by atoms with Crippen LogP contribution in [0.4, 0.5) is 15.8 Å². The number of carbonyl (C=O) groups excluding carboxylic acids is 2. The summed E-state index contributed by atoms with van der Waals surface area (Å²) in [5.41, 5.74) is 1.10. The van der Waals surface area contributed by atoms with Crippen LogP contribution in [-0.4, -0.2) is 29.0 Å². The summed E-state index contributed by atoms with van der Waals surface area (Å²) in [4.78, 5) is 44.7. The number of aromatic carboxylic acids is 1. The minimum atomic E-state index is -1.13. The molecule has 0 unspecified atom stereocenters. The van der Waals surface area contributed by atoms with Crippen LogP contribution in [0, 0.1) is 11.7 Å². The number of halogens is 1. The molecule has 2 aliphatic rings. The summed E-state index contributed by atoms with van der Waals surface area (Å²) in [5.74, 6) is -3.71. The first kappa shape index (κ1) is 19.9. The molecule has 0 aromatic heterocycles. The highest BCUT2D eigenvalue weighted by Crippen LogP contribution is 2.48. The highest BCUT2D eigenvalue weighted by atomic mass is 19.1. The fourth-order valence-electron chi connectivity index (χ4n) is 4.25. The average molecular weight is 432 g/mol. The number of nitrogens with zero attached hydrogens (tertiary/aromatic N) is 2. The van der Waals surface area contributed by atoms with Crippen molar-refractivity contribution in [1.82, 2.24) is 0 Å². The Hall–Kier alpha value is -4.04. The van der Waals surface area contributed by atoms with E-state index >= 15 is 0 Å². The molecule has 3 aromatic rings. The largest absolute Gasteiger partial charge is 0.478 e. The number of anilines is 2. The topological polar surface area (TPSA) is 87.2 Å². The lowest BCUT2D eigenvalue weighted by Gasteiger charge is -2.29. The normalized spacial score (nSPS) is 22.3. The highest BCUT2D eigenvalue weighted by Gasteiger charge is 2.60. The van der Waals surface area contributed by atoms with Gasteiger partial charge in [0, 0.05) is 5.56 Å². The van der Waals surface area contributed by atoms with E-state index in [-0.39, 0.29) is 16.8 Å². The number of para-hydroxylation sites is 1. The second-order valence-electron chi connectivity index (χ2n) is 7.54. The molecule has 2 fully saturated rings. The van der Waals surface area contributed by atoms with Crippen molar-refractivity contribution in [3.63, 3.8) is 0 Å². The van der Waals surface area contributed by atoms with Gasteiger partial charge in [-0.25, -0.2) is 19.1 Å². The number of rotatable bonds is 4. The molecule has 32 heavy (non-hydrogen) atoms. The van der Waals surface area contributed by atoms with Gasteiger partial charge >= 0.3 is 5.97 Å². The van der Waals surface area contributed by atoms with Gasteiger partial charge in [-0.15, -0.1) is 0 Å². The summed E-state index contributed by atoms with van der Waals surface area (Å²) in [6.07, 6.45) is -1.13. The van der Waals surface area contributed by atoms with E-state index in [0.717, 1.165) is 4.90 Å². The van der Waals surface area contributed by atoms with Gasteiger partial charge < -0.3 is 5.11 Å². The van der Waals surface area contributed by atoms with Gasteiger partial charge in [-0.3, -0.25) is 14.4 Å². The van der Waals surface area contributed by atoms with Crippen molar-refractivity contribution in [2.75, 3.05) is 9.96 Å². The zero-order chi connectivity index (χ0) is 22.4. The van der Waals surface area contributed by atoms with Crippen molar-refractivity contribution in [3.8, 4) is 0 Å². The Balaban J connectivity index is 1.57. The number of carboxylic acids is 1. The van der Waals surface area contributed by atoms with E-state index < -0.39 is 41.7 Å². The minimum Gasteiger partial charge on any atom is -0.478 e. The number of carboxylic acid groups (broad SMARTS) is 1. The van der Waals surface area contributed by atoms with Crippen LogP contribution in [-0.2, 0) is 14.4 Å². The number of hydrogen-bond donors (Lipinski definition) is 1. The first-order valence-corrected chi connectivity index (χ1v) is 9.94. The van der Waals surface area contributed by atoms with Gasteiger partial charge in [0.05, 0.1) is 23.0 Å². The first-order chi connectivity index (χ1) is 15.5. The fraction of sp³-hybridized carbons (Fsp3) is 0.125. The van der Waals surface area contributed by atoms with Crippen molar-refractivity contribution in [2.45, 2.75) is 12.1 Å². The molecule has 160 valence electrons. The Bertz CT molecular complexity index is 1210. The number of amides is 2. The van der Waals surface area contributed by atoms with E-state index in [1.54, 1.807) is 42.5 Å². The summed E-state index contributed by atoms with van der Waals surface area (Å²) in [6.45, 7) is 0. The van der Waals surface area contributed by atoms with E-state index in [0.29, 0.717) is 5.69 Å². The minimum absolute atomic E-state index is 0.0313. The van der Waals surface area contributed by atoms with Gasteiger partial charge in [0.15, 0.2) is 6.10 Å². The summed E-state index contributed by atoms with van der Waals surface area (Å²) >= 11 is 0. The predicted molar refractivity (Wildman–Crippen MR) is 112 cm³/mol. The number of hydroxylamine groups is 1. The number of benzene rings is 3. The van der Waals surface area contributed by atoms with Crippen LogP contribution in [0.1, 0.15) is 22.0 Å². The molecule has 0 radical (unpaired) electrons. The lowest BCUT2D eigenvalue weighted by Crippen LogP contribution is -2.37. The lowest BCUT2D eigenvalue weighted by molar-refractivity contribution is -0.126. The predicted octanol–water partition coefficient (Wildman–Crippen LogP) is 3.58. The zero-order valence-electron chi connectivity index (χ0n) is 16.6. The SMILES string of the molecule is O=C(O)c1ccc(N2C(=O)[C@H]3[C@H](ON(c4ccccc4)[C@@H]3c3ccccc3F)C2=O)cc1. The summed E-state index contributed by atoms with van der Waals surface area (Å²) in [5, 5.41) is 10.5. The van der Waals surface area contributed by atoms with Crippen molar-refractivity contribution >= 4 is 29.2 Å². The second-order valence-corrected chi connectivity index (χ2v) is 7.54. The molecule has 5 rings (SSSR count). The van der Waals surface area contributed by atoms with E-state index in [9.17, 15) is 18.8 Å². The molecule has 3 aromatic carbocycles. The maximum absolute atomic E-state index is 14.8. The molecule has 0 saturated carbocycles. The van der Waals surface area contributed by atoms with Gasteiger partial charge in [0.2, 0.25) is 5.91 Å². The van der Waals surface area contributed by atoms with Crippen molar-refractivity contribution < 1.29 is 28.7 Å². The monoisotopic (exact) mass is 432 g/mol. The molecule has 1 N–H and O–H groups in total. The quantitative estimate of drug-likeness (QED) is 0.635. The van der Waals surface area contributed by atoms with Crippen molar-refractivity contribution in [3.05, 3.63) is 95.8 Å². The van der Waals surface area contributed by atoms with Crippen LogP contribution in [0.5, 0.6) is 0 Å². The van der Waals surface area contributed by atoms with Gasteiger partial charge in [0.25, 0.3) is 5.91 Å². The Morgan fingerprint density at radius 2 is 1.50 bits per heavy atom. The maximum atomic E-state index is 14.8. The van der Waals surface area contributed by atoms with Gasteiger partial charge in [0.1, 0.15) is 11.7 Å². The Kier molecular flexibility index (Phi) is 4.71. The third kappa shape index (κ3) is 3.04. The summed E-state index contributed by atoms with van der Waals surface area (Å²) in [7, 11) is 0. The molecule has 7 nitrogen and oxygen atoms in total. The van der Waals surface area contributed by atoms with E-state index in [2.05, 4.69) is 0 Å². The molecular weight excluding hydrogens is 415 g/mol. The van der Waals surface area contributed by atoms with E-state index in [4.69, 9.17) is 9.94 Å². The molecule has 2 saturated heterocycles. The second kappa shape index (κ2) is 7.58. The number of imide groups is 1. The molecule has 0 aliphatic carbocycles. The first-order valence-electron chi connectivity index (χ1n) is 9.94. The maximum Gasteiger partial charge on any atom is 0.335 e. The molecule has 0 spiro atoms. The molecule has 3 atom stereocenters. The van der Waals surface area contributed by atoms with Crippen LogP contribution < -0.4 is 9.96 Å². The lowest BCUT2D eigenvalue weighted by atomic mass is 9.90. The fourth-order valence-corrected chi connectivity index (χ4v) is 4.25. The number of carbonyl (C=O) groups is 3. The summed E-state index contributed by atoms with van der Waals surface area (Å²) < 4.78 is 14.8.